The third-order valence-electron chi connectivity index (χ3n) is 3.60. The standard InChI is InChI=1S/C14H19N3O5S/c1-22-11-4-2-10(3-5-11)6-9-23(20,21)17-8-7-16-14(19)12(17)13(15)18/h2-5,12H,6-9H2,1H3,(H2,15,18)(H,16,19). The number of nitrogens with two attached hydrogens (primary N) is 1. The summed E-state index contributed by atoms with van der Waals surface area (Å²) < 4.78 is 30.8. The summed E-state index contributed by atoms with van der Waals surface area (Å²) in [6.07, 6.45) is 0.260. The molecule has 1 heterocycles. The summed E-state index contributed by atoms with van der Waals surface area (Å²) in [5.74, 6) is -1.19. The maximum Gasteiger partial charge on any atom is 0.248 e. The second-order valence-corrected chi connectivity index (χ2v) is 7.16. The summed E-state index contributed by atoms with van der Waals surface area (Å²) in [5, 5.41) is 2.44. The van der Waals surface area contributed by atoms with Crippen LogP contribution in [0.5, 0.6) is 5.75 Å². The van der Waals surface area contributed by atoms with Crippen molar-refractivity contribution in [2.24, 2.45) is 5.73 Å². The van der Waals surface area contributed by atoms with E-state index in [0.717, 1.165) is 9.87 Å². The normalized spacial score (nSPS) is 19.2. The van der Waals surface area contributed by atoms with Gasteiger partial charge in [-0.2, -0.15) is 4.31 Å². The van der Waals surface area contributed by atoms with Gasteiger partial charge in [0.25, 0.3) is 0 Å². The minimum absolute atomic E-state index is 0.0320. The third-order valence-corrected chi connectivity index (χ3v) is 5.43. The first-order valence-corrected chi connectivity index (χ1v) is 8.65. The van der Waals surface area contributed by atoms with Gasteiger partial charge in [-0.25, -0.2) is 8.42 Å². The highest BCUT2D eigenvalue weighted by molar-refractivity contribution is 7.89. The first kappa shape index (κ1) is 17.2. The van der Waals surface area contributed by atoms with Gasteiger partial charge < -0.3 is 15.8 Å². The Labute approximate surface area is 134 Å². The van der Waals surface area contributed by atoms with E-state index in [1.165, 1.54) is 0 Å². The zero-order valence-electron chi connectivity index (χ0n) is 12.7. The van der Waals surface area contributed by atoms with Gasteiger partial charge in [0.2, 0.25) is 21.8 Å². The molecule has 23 heavy (non-hydrogen) atoms. The van der Waals surface area contributed by atoms with E-state index in [4.69, 9.17) is 10.5 Å². The summed E-state index contributed by atoms with van der Waals surface area (Å²) >= 11 is 0. The average Bonchev–Trinajstić information content (AvgIpc) is 2.53. The molecule has 2 rings (SSSR count). The zero-order chi connectivity index (χ0) is 17.0. The molecule has 1 saturated heterocycles. The molecule has 1 atom stereocenters. The lowest BCUT2D eigenvalue weighted by Gasteiger charge is -2.32. The maximum atomic E-state index is 12.5. The lowest BCUT2D eigenvalue weighted by Crippen LogP contribution is -2.62. The number of benzene rings is 1. The van der Waals surface area contributed by atoms with Gasteiger partial charge in [0, 0.05) is 13.1 Å². The van der Waals surface area contributed by atoms with Crippen LogP contribution in [0.15, 0.2) is 24.3 Å². The first-order chi connectivity index (χ1) is 10.8. The van der Waals surface area contributed by atoms with Gasteiger partial charge in [0.15, 0.2) is 6.04 Å². The number of aryl methyl sites for hydroxylation is 1. The molecule has 1 aromatic carbocycles. The molecule has 126 valence electrons. The molecular weight excluding hydrogens is 322 g/mol. The van der Waals surface area contributed by atoms with Crippen LogP contribution in [-0.4, -0.2) is 56.5 Å². The number of ether oxygens (including phenoxy) is 1. The molecule has 0 aliphatic carbocycles. The van der Waals surface area contributed by atoms with Gasteiger partial charge in [-0.1, -0.05) is 12.1 Å². The van der Waals surface area contributed by atoms with Crippen LogP contribution in [0.2, 0.25) is 0 Å². The molecular formula is C14H19N3O5S. The van der Waals surface area contributed by atoms with Gasteiger partial charge in [0.1, 0.15) is 5.75 Å². The van der Waals surface area contributed by atoms with Crippen molar-refractivity contribution in [2.75, 3.05) is 26.0 Å². The summed E-state index contributed by atoms with van der Waals surface area (Å²) in [6, 6.07) is 5.53. The second-order valence-electron chi connectivity index (χ2n) is 5.12. The first-order valence-electron chi connectivity index (χ1n) is 7.04. The molecule has 0 spiro atoms. The number of carbonyl (C=O) groups is 2. The molecule has 1 aliphatic rings. The molecule has 1 fully saturated rings. The fourth-order valence-electron chi connectivity index (χ4n) is 2.37. The quantitative estimate of drug-likeness (QED) is 0.634. The molecule has 1 aromatic rings. The van der Waals surface area contributed by atoms with E-state index in [1.807, 2.05) is 0 Å². The number of piperazine rings is 1. The van der Waals surface area contributed by atoms with Crippen LogP contribution in [0.1, 0.15) is 5.56 Å². The van der Waals surface area contributed by atoms with Crippen molar-refractivity contribution in [2.45, 2.75) is 12.5 Å². The summed E-state index contributed by atoms with van der Waals surface area (Å²) in [7, 11) is -2.24. The van der Waals surface area contributed by atoms with Crippen LogP contribution in [0, 0.1) is 0 Å². The fourth-order valence-corrected chi connectivity index (χ4v) is 3.99. The fraction of sp³-hybridized carbons (Fsp3) is 0.429. The average molecular weight is 341 g/mol. The Morgan fingerprint density at radius 2 is 2.04 bits per heavy atom. The number of hydrogen-bond donors (Lipinski definition) is 2. The SMILES string of the molecule is COc1ccc(CCS(=O)(=O)N2CCNC(=O)C2C(N)=O)cc1. The Morgan fingerprint density at radius 1 is 1.39 bits per heavy atom. The van der Waals surface area contributed by atoms with Gasteiger partial charge in [-0.15, -0.1) is 0 Å². The van der Waals surface area contributed by atoms with Gasteiger partial charge in [0.05, 0.1) is 12.9 Å². The lowest BCUT2D eigenvalue weighted by atomic mass is 10.2. The summed E-state index contributed by atoms with van der Waals surface area (Å²) in [5.41, 5.74) is 5.98. The molecule has 0 bridgehead atoms. The molecule has 2 amide bonds. The predicted molar refractivity (Wildman–Crippen MR) is 83.2 cm³/mol. The van der Waals surface area contributed by atoms with E-state index >= 15 is 0 Å². The van der Waals surface area contributed by atoms with Crippen LogP contribution < -0.4 is 15.8 Å². The number of nitrogens with one attached hydrogen (secondary N) is 1. The topological polar surface area (TPSA) is 119 Å². The van der Waals surface area contributed by atoms with E-state index in [0.29, 0.717) is 5.75 Å². The number of nitrogens with zero attached hydrogens (tertiary/aromatic N) is 1. The van der Waals surface area contributed by atoms with E-state index in [9.17, 15) is 18.0 Å². The molecule has 0 radical (unpaired) electrons. The minimum atomic E-state index is -3.78. The van der Waals surface area contributed by atoms with Crippen molar-refractivity contribution >= 4 is 21.8 Å². The number of carbonyl (C=O) groups excluding carboxylic acids is 2. The van der Waals surface area contributed by atoms with Crippen molar-refractivity contribution in [3.05, 3.63) is 29.8 Å². The van der Waals surface area contributed by atoms with Crippen LogP contribution in [-0.2, 0) is 26.0 Å². The molecule has 1 aliphatic heterocycles. The summed E-state index contributed by atoms with van der Waals surface area (Å²) in [4.78, 5) is 23.1. The Hall–Kier alpha value is -2.13. The molecule has 8 nitrogen and oxygen atoms in total. The van der Waals surface area contributed by atoms with Gasteiger partial charge >= 0.3 is 0 Å². The Balaban J connectivity index is 2.10. The number of sulfonamides is 1. The van der Waals surface area contributed by atoms with Crippen LogP contribution in [0.25, 0.3) is 0 Å². The zero-order valence-corrected chi connectivity index (χ0v) is 13.5. The number of amides is 2. The number of hydrogen-bond acceptors (Lipinski definition) is 5. The van der Waals surface area contributed by atoms with Crippen molar-refractivity contribution in [1.29, 1.82) is 0 Å². The van der Waals surface area contributed by atoms with Crippen molar-refractivity contribution in [1.82, 2.24) is 9.62 Å². The van der Waals surface area contributed by atoms with E-state index < -0.39 is 27.9 Å². The van der Waals surface area contributed by atoms with Gasteiger partial charge in [-0.05, 0) is 24.1 Å². The maximum absolute atomic E-state index is 12.5. The highest BCUT2D eigenvalue weighted by Crippen LogP contribution is 2.15. The van der Waals surface area contributed by atoms with Crippen molar-refractivity contribution in [3.63, 3.8) is 0 Å². The predicted octanol–water partition coefficient (Wildman–Crippen LogP) is -1.15. The van der Waals surface area contributed by atoms with Crippen LogP contribution >= 0.6 is 0 Å². The third kappa shape index (κ3) is 3.99. The van der Waals surface area contributed by atoms with E-state index in [-0.39, 0.29) is 25.3 Å². The smallest absolute Gasteiger partial charge is 0.248 e. The largest absolute Gasteiger partial charge is 0.497 e. The Kier molecular flexibility index (Phi) is 5.22. The van der Waals surface area contributed by atoms with E-state index in [1.54, 1.807) is 31.4 Å². The van der Waals surface area contributed by atoms with Crippen molar-refractivity contribution < 1.29 is 22.7 Å². The molecule has 0 saturated carbocycles. The van der Waals surface area contributed by atoms with Crippen molar-refractivity contribution in [3.8, 4) is 5.75 Å². The van der Waals surface area contributed by atoms with Crippen LogP contribution in [0.4, 0.5) is 0 Å². The number of methoxy groups -OCH3 is 1. The number of primary amides is 1. The molecule has 9 heteroatoms. The molecule has 3 N–H and O–H groups in total. The highest BCUT2D eigenvalue weighted by atomic mass is 32.2. The Morgan fingerprint density at radius 3 is 2.61 bits per heavy atom. The lowest BCUT2D eigenvalue weighted by molar-refractivity contribution is -0.134. The second kappa shape index (κ2) is 6.97. The Bertz CT molecular complexity index is 687. The van der Waals surface area contributed by atoms with E-state index in [2.05, 4.69) is 5.32 Å². The summed E-state index contributed by atoms with van der Waals surface area (Å²) in [6.45, 7) is 0.189. The highest BCUT2D eigenvalue weighted by Gasteiger charge is 2.40. The van der Waals surface area contributed by atoms with Gasteiger partial charge in [-0.3, -0.25) is 9.59 Å². The minimum Gasteiger partial charge on any atom is -0.497 e. The van der Waals surface area contributed by atoms with Crippen LogP contribution in [0.3, 0.4) is 0 Å². The number of rotatable bonds is 6. The molecule has 1 unspecified atom stereocenters. The monoisotopic (exact) mass is 341 g/mol. The molecule has 0 aromatic heterocycles.